The molecule has 0 saturated carbocycles. The predicted octanol–water partition coefficient (Wildman–Crippen LogP) is 1.84. The van der Waals surface area contributed by atoms with Crippen molar-refractivity contribution in [1.29, 1.82) is 0 Å². The highest BCUT2D eigenvalue weighted by atomic mass is 16.6. The van der Waals surface area contributed by atoms with E-state index in [2.05, 4.69) is 11.7 Å². The van der Waals surface area contributed by atoms with Crippen LogP contribution >= 0.6 is 0 Å². The van der Waals surface area contributed by atoms with Crippen molar-refractivity contribution in [2.45, 2.75) is 39.0 Å². The lowest BCUT2D eigenvalue weighted by Crippen LogP contribution is -2.15. The van der Waals surface area contributed by atoms with Gasteiger partial charge < -0.3 is 56.8 Å². The molecule has 0 saturated heterocycles. The first kappa shape index (κ1) is 42.5. The number of esters is 2. The maximum absolute atomic E-state index is 11.4. The number of methoxy groups -OCH3 is 1. The molecule has 0 atom stereocenters. The van der Waals surface area contributed by atoms with E-state index >= 15 is 0 Å². The Hall–Kier alpha value is -1.46. The van der Waals surface area contributed by atoms with Gasteiger partial charge in [-0.3, -0.25) is 9.59 Å². The Morgan fingerprint density at radius 2 is 0.659 bits per heavy atom. The van der Waals surface area contributed by atoms with Crippen LogP contribution in [0.2, 0.25) is 0 Å². The van der Waals surface area contributed by atoms with Gasteiger partial charge in [0.05, 0.1) is 146 Å². The summed E-state index contributed by atoms with van der Waals surface area (Å²) in [5.74, 6) is -0.451. The second-order valence-corrected chi connectivity index (χ2v) is 9.13. The molecule has 262 valence electrons. The third-order valence-corrected chi connectivity index (χ3v) is 5.50. The number of rotatable bonds is 37. The van der Waals surface area contributed by atoms with E-state index in [0.717, 1.165) is 19.3 Å². The monoisotopic (exact) mass is 642 g/mol. The van der Waals surface area contributed by atoms with Crippen LogP contribution in [0.5, 0.6) is 0 Å². The topological polar surface area (TPSA) is 145 Å². The van der Waals surface area contributed by atoms with Gasteiger partial charge in [-0.05, 0) is 6.42 Å². The summed E-state index contributed by atoms with van der Waals surface area (Å²) in [7, 11) is 1.35. The summed E-state index contributed by atoms with van der Waals surface area (Å²) in [5.41, 5.74) is 0. The highest BCUT2D eigenvalue weighted by Crippen LogP contribution is 2.00. The van der Waals surface area contributed by atoms with Gasteiger partial charge in [-0.25, -0.2) is 0 Å². The Balaban J connectivity index is 3.08. The van der Waals surface area contributed by atoms with Crippen molar-refractivity contribution in [3.8, 4) is 0 Å². The van der Waals surface area contributed by atoms with Gasteiger partial charge in [-0.15, -0.1) is 0 Å². The fraction of sp³-hybridized carbons (Fsp3) is 0.933. The van der Waals surface area contributed by atoms with Crippen LogP contribution in [0.1, 0.15) is 39.0 Å². The molecule has 0 heterocycles. The van der Waals surface area contributed by atoms with Crippen molar-refractivity contribution >= 4 is 11.9 Å². The average Bonchev–Trinajstić information content (AvgIpc) is 3.03. The molecule has 0 rings (SSSR count). The zero-order valence-electron chi connectivity index (χ0n) is 27.1. The van der Waals surface area contributed by atoms with Crippen LogP contribution in [0, 0.1) is 0 Å². The molecule has 0 aliphatic rings. The summed E-state index contributed by atoms with van der Waals surface area (Å²) < 4.78 is 63.7. The van der Waals surface area contributed by atoms with E-state index in [0.29, 0.717) is 139 Å². The summed E-state index contributed by atoms with van der Waals surface area (Å²) >= 11 is 0. The number of unbranched alkanes of at least 4 members (excludes halogenated alkanes) is 2. The number of ether oxygens (including phenoxy) is 12. The molecule has 0 radical (unpaired) electrons. The molecule has 0 aromatic carbocycles. The standard InChI is InChI=1S/C30H58O14/c1-3-4-5-6-30(32)44-28-27-43-26-25-42-24-23-41-22-21-40-20-19-39-18-17-38-16-15-37-14-13-36-12-11-35-10-9-34-8-7-29(31)33-2/h3-28H2,1-2H3. The third kappa shape index (κ3) is 36.7. The Morgan fingerprint density at radius 1 is 0.364 bits per heavy atom. The second kappa shape index (κ2) is 37.7. The fourth-order valence-corrected chi connectivity index (χ4v) is 3.14. The van der Waals surface area contributed by atoms with Crippen molar-refractivity contribution in [2.24, 2.45) is 0 Å². The van der Waals surface area contributed by atoms with Gasteiger partial charge in [-0.1, -0.05) is 19.8 Å². The maximum atomic E-state index is 11.4. The van der Waals surface area contributed by atoms with Crippen LogP contribution in [-0.2, 0) is 66.4 Å². The molecule has 0 aliphatic carbocycles. The fourth-order valence-electron chi connectivity index (χ4n) is 3.14. The molecule has 44 heavy (non-hydrogen) atoms. The van der Waals surface area contributed by atoms with Crippen molar-refractivity contribution in [2.75, 3.05) is 146 Å². The second-order valence-electron chi connectivity index (χ2n) is 9.13. The Bertz CT molecular complexity index is 596. The number of hydrogen-bond acceptors (Lipinski definition) is 14. The molecule has 0 aromatic rings. The largest absolute Gasteiger partial charge is 0.469 e. The minimum absolute atomic E-state index is 0.163. The summed E-state index contributed by atoms with van der Waals surface area (Å²) in [4.78, 5) is 22.4. The maximum Gasteiger partial charge on any atom is 0.307 e. The molecule has 0 N–H and O–H groups in total. The molecular formula is C30H58O14. The van der Waals surface area contributed by atoms with Gasteiger partial charge in [0, 0.05) is 6.42 Å². The lowest BCUT2D eigenvalue weighted by molar-refractivity contribution is -0.145. The highest BCUT2D eigenvalue weighted by Gasteiger charge is 2.02. The minimum atomic E-state index is -0.288. The molecule has 14 heteroatoms. The molecule has 0 spiro atoms. The zero-order chi connectivity index (χ0) is 32.0. The van der Waals surface area contributed by atoms with Crippen LogP contribution < -0.4 is 0 Å². The molecule has 14 nitrogen and oxygen atoms in total. The van der Waals surface area contributed by atoms with E-state index in [9.17, 15) is 9.59 Å². The minimum Gasteiger partial charge on any atom is -0.469 e. The van der Waals surface area contributed by atoms with E-state index in [4.69, 9.17) is 52.1 Å². The normalized spacial score (nSPS) is 11.2. The molecule has 0 aliphatic heterocycles. The smallest absolute Gasteiger partial charge is 0.307 e. The molecule has 0 bridgehead atoms. The first-order valence-electron chi connectivity index (χ1n) is 15.7. The number of carbonyl (C=O) groups excluding carboxylic acids is 2. The van der Waals surface area contributed by atoms with Crippen molar-refractivity contribution in [1.82, 2.24) is 0 Å². The number of carbonyl (C=O) groups is 2. The summed E-state index contributed by atoms with van der Waals surface area (Å²) in [6, 6.07) is 0. The Morgan fingerprint density at radius 3 is 0.955 bits per heavy atom. The van der Waals surface area contributed by atoms with Crippen LogP contribution in [0.4, 0.5) is 0 Å². The van der Waals surface area contributed by atoms with Gasteiger partial charge in [-0.2, -0.15) is 0 Å². The van der Waals surface area contributed by atoms with Crippen LogP contribution in [0.3, 0.4) is 0 Å². The molecule has 0 amide bonds. The average molecular weight is 643 g/mol. The summed E-state index contributed by atoms with van der Waals surface area (Å²) in [6.45, 7) is 11.7. The van der Waals surface area contributed by atoms with Gasteiger partial charge in [0.1, 0.15) is 6.61 Å². The van der Waals surface area contributed by atoms with Crippen LogP contribution in [-0.4, -0.2) is 158 Å². The lowest BCUT2D eigenvalue weighted by Gasteiger charge is -2.09. The van der Waals surface area contributed by atoms with E-state index in [-0.39, 0.29) is 25.0 Å². The highest BCUT2D eigenvalue weighted by molar-refractivity contribution is 5.69. The summed E-state index contributed by atoms with van der Waals surface area (Å²) in [6.07, 6.45) is 3.72. The molecule has 0 unspecified atom stereocenters. The molecular weight excluding hydrogens is 584 g/mol. The third-order valence-electron chi connectivity index (χ3n) is 5.50. The SMILES string of the molecule is CCCCCC(=O)OCCOCCOCCOCCOCCOCCOCCOCCOCCOCCOCCC(=O)OC. The Kier molecular flexibility index (Phi) is 36.5. The van der Waals surface area contributed by atoms with Gasteiger partial charge in [0.25, 0.3) is 0 Å². The summed E-state index contributed by atoms with van der Waals surface area (Å²) in [5, 5.41) is 0. The molecule has 0 aromatic heterocycles. The van der Waals surface area contributed by atoms with Gasteiger partial charge in [0.2, 0.25) is 0 Å². The molecule has 0 fully saturated rings. The van der Waals surface area contributed by atoms with Crippen molar-refractivity contribution in [3.63, 3.8) is 0 Å². The van der Waals surface area contributed by atoms with E-state index in [1.807, 2.05) is 0 Å². The van der Waals surface area contributed by atoms with Gasteiger partial charge in [0.15, 0.2) is 0 Å². The predicted molar refractivity (Wildman–Crippen MR) is 160 cm³/mol. The van der Waals surface area contributed by atoms with Gasteiger partial charge >= 0.3 is 11.9 Å². The van der Waals surface area contributed by atoms with E-state index in [1.165, 1.54) is 7.11 Å². The van der Waals surface area contributed by atoms with Crippen molar-refractivity contribution in [3.05, 3.63) is 0 Å². The zero-order valence-corrected chi connectivity index (χ0v) is 27.1. The quantitative estimate of drug-likeness (QED) is 0.0718. The van der Waals surface area contributed by atoms with Crippen LogP contribution in [0.25, 0.3) is 0 Å². The van der Waals surface area contributed by atoms with E-state index < -0.39 is 0 Å². The van der Waals surface area contributed by atoms with Crippen LogP contribution in [0.15, 0.2) is 0 Å². The first-order valence-corrected chi connectivity index (χ1v) is 15.7. The lowest BCUT2D eigenvalue weighted by atomic mass is 10.2. The Labute approximate surface area is 263 Å². The van der Waals surface area contributed by atoms with E-state index in [1.54, 1.807) is 0 Å². The van der Waals surface area contributed by atoms with Crippen molar-refractivity contribution < 1.29 is 66.4 Å². The number of hydrogen-bond donors (Lipinski definition) is 0. The first-order chi connectivity index (χ1) is 21.7.